The minimum atomic E-state index is -0.177. The molecular weight excluding hydrogens is 360 g/mol. The molecule has 3 heterocycles. The van der Waals surface area contributed by atoms with Crippen LogP contribution in [0.1, 0.15) is 47.4 Å². The number of hydrogen-bond acceptors (Lipinski definition) is 4. The molecule has 0 bridgehead atoms. The van der Waals surface area contributed by atoms with Crippen LogP contribution in [-0.2, 0) is 18.3 Å². The Labute approximate surface area is 169 Å². The van der Waals surface area contributed by atoms with Gasteiger partial charge in [-0.1, -0.05) is 42.4 Å². The molecule has 0 saturated carbocycles. The van der Waals surface area contributed by atoms with Gasteiger partial charge in [-0.05, 0) is 42.9 Å². The van der Waals surface area contributed by atoms with Crippen LogP contribution in [0.15, 0.2) is 65.6 Å². The van der Waals surface area contributed by atoms with Gasteiger partial charge in [0.2, 0.25) is 0 Å². The lowest BCUT2D eigenvalue weighted by Crippen LogP contribution is -2.47. The molecule has 3 aromatic heterocycles. The van der Waals surface area contributed by atoms with Gasteiger partial charge in [0.25, 0.3) is 0 Å². The van der Waals surface area contributed by atoms with Gasteiger partial charge in [-0.25, -0.2) is 0 Å². The molecule has 1 N–H and O–H groups in total. The second-order valence-electron chi connectivity index (χ2n) is 8.33. The second-order valence-corrected chi connectivity index (χ2v) is 8.33. The molecule has 5 nitrogen and oxygen atoms in total. The zero-order valence-electron chi connectivity index (χ0n) is 16.3. The maximum atomic E-state index is 5.67. The van der Waals surface area contributed by atoms with Crippen LogP contribution in [0.5, 0.6) is 0 Å². The van der Waals surface area contributed by atoms with Crippen molar-refractivity contribution in [3.05, 3.63) is 89.2 Å². The predicted molar refractivity (Wildman–Crippen MR) is 109 cm³/mol. The first-order valence-corrected chi connectivity index (χ1v) is 10.3. The first-order chi connectivity index (χ1) is 14.3. The van der Waals surface area contributed by atoms with Gasteiger partial charge in [0.1, 0.15) is 5.76 Å². The summed E-state index contributed by atoms with van der Waals surface area (Å²) in [4.78, 5) is 4.31. The van der Waals surface area contributed by atoms with E-state index in [0.29, 0.717) is 11.8 Å². The molecule has 4 aromatic rings. The number of aromatic amines is 1. The summed E-state index contributed by atoms with van der Waals surface area (Å²) >= 11 is 0. The van der Waals surface area contributed by atoms with E-state index in [-0.39, 0.29) is 5.41 Å². The van der Waals surface area contributed by atoms with Gasteiger partial charge in [0.05, 0.1) is 17.6 Å². The number of fused-ring (bicyclic) bond motifs is 4. The molecule has 3 atom stereocenters. The zero-order chi connectivity index (χ0) is 19.4. The van der Waals surface area contributed by atoms with Crippen molar-refractivity contribution < 1.29 is 4.52 Å². The molecule has 5 heteroatoms. The van der Waals surface area contributed by atoms with Gasteiger partial charge >= 0.3 is 0 Å². The molecule has 144 valence electrons. The van der Waals surface area contributed by atoms with Crippen LogP contribution in [0.3, 0.4) is 0 Å². The van der Waals surface area contributed by atoms with Crippen LogP contribution < -0.4 is 0 Å². The van der Waals surface area contributed by atoms with Crippen molar-refractivity contribution in [3.8, 4) is 11.3 Å². The Hall–Kier alpha value is -3.21. The lowest BCUT2D eigenvalue weighted by atomic mass is 9.53. The van der Waals surface area contributed by atoms with Gasteiger partial charge in [-0.2, -0.15) is 5.10 Å². The van der Waals surface area contributed by atoms with Crippen LogP contribution in [-0.4, -0.2) is 20.3 Å². The van der Waals surface area contributed by atoms with Gasteiger partial charge in [0.15, 0.2) is 0 Å². The number of pyridine rings is 1. The minimum absolute atomic E-state index is 0.177. The van der Waals surface area contributed by atoms with E-state index < -0.39 is 0 Å². The van der Waals surface area contributed by atoms with E-state index >= 15 is 0 Å². The smallest absolute Gasteiger partial charge is 0.143 e. The van der Waals surface area contributed by atoms with Crippen LogP contribution in [0, 0.1) is 5.92 Å². The standard InChI is InChI=1S/C24H22N4O/c1-15-20-10-9-19-21(16-6-5-11-25-13-16)27-28-23(19)24(20,18-7-3-2-4-8-18)12-17-14-26-29-22(15)17/h2-8,11,13-15,20H,9-10,12H2,1H3,(H,27,28)/t15-,20-,24+/m0/s1. The number of rotatable bonds is 2. The molecular formula is C24H22N4O. The van der Waals surface area contributed by atoms with E-state index in [9.17, 15) is 0 Å². The fourth-order valence-corrected chi connectivity index (χ4v) is 5.79. The summed E-state index contributed by atoms with van der Waals surface area (Å²) in [5, 5.41) is 12.5. The summed E-state index contributed by atoms with van der Waals surface area (Å²) in [7, 11) is 0. The van der Waals surface area contributed by atoms with Crippen LogP contribution in [0.4, 0.5) is 0 Å². The van der Waals surface area contributed by atoms with Crippen LogP contribution in [0.2, 0.25) is 0 Å². The Bertz CT molecular complexity index is 1160. The Kier molecular flexibility index (Phi) is 3.54. The molecule has 0 amide bonds. The lowest BCUT2D eigenvalue weighted by Gasteiger charge is -2.48. The average Bonchev–Trinajstić information content (AvgIpc) is 3.42. The molecule has 0 spiro atoms. The monoisotopic (exact) mass is 382 g/mol. The van der Waals surface area contributed by atoms with Crippen molar-refractivity contribution in [2.45, 2.75) is 37.5 Å². The minimum Gasteiger partial charge on any atom is -0.361 e. The first-order valence-electron chi connectivity index (χ1n) is 10.3. The third-order valence-electron chi connectivity index (χ3n) is 7.03. The summed E-state index contributed by atoms with van der Waals surface area (Å²) in [5.41, 5.74) is 7.06. The summed E-state index contributed by atoms with van der Waals surface area (Å²) in [6.45, 7) is 2.28. The maximum absolute atomic E-state index is 5.67. The summed E-state index contributed by atoms with van der Waals surface area (Å²) in [6, 6.07) is 15.0. The molecule has 1 aromatic carbocycles. The van der Waals surface area contributed by atoms with Crippen molar-refractivity contribution >= 4 is 0 Å². The quantitative estimate of drug-likeness (QED) is 0.547. The van der Waals surface area contributed by atoms with Crippen LogP contribution >= 0.6 is 0 Å². The SMILES string of the molecule is C[C@@H]1c2oncc2C[C@]2(c3ccccc3)c3n[nH]c(-c4cccnc4)c3CC[C@@H]12. The summed E-state index contributed by atoms with van der Waals surface area (Å²) < 4.78 is 5.67. The van der Waals surface area contributed by atoms with E-state index in [1.807, 2.05) is 24.7 Å². The number of hydrogen-bond donors (Lipinski definition) is 1. The normalized spacial score (nSPS) is 25.1. The number of nitrogens with zero attached hydrogens (tertiary/aromatic N) is 3. The Morgan fingerprint density at radius 1 is 1.10 bits per heavy atom. The van der Waals surface area contributed by atoms with Gasteiger partial charge < -0.3 is 4.52 Å². The highest BCUT2D eigenvalue weighted by atomic mass is 16.5. The first kappa shape index (κ1) is 16.7. The molecule has 29 heavy (non-hydrogen) atoms. The number of nitrogens with one attached hydrogen (secondary N) is 1. The second kappa shape index (κ2) is 6.14. The van der Waals surface area contributed by atoms with E-state index in [1.54, 1.807) is 0 Å². The van der Waals surface area contributed by atoms with Crippen molar-refractivity contribution in [2.24, 2.45) is 5.92 Å². The number of H-pyrrole nitrogens is 1. The highest BCUT2D eigenvalue weighted by molar-refractivity contribution is 5.66. The highest BCUT2D eigenvalue weighted by Gasteiger charge is 2.54. The highest BCUT2D eigenvalue weighted by Crippen LogP contribution is 2.57. The Morgan fingerprint density at radius 2 is 2.00 bits per heavy atom. The van der Waals surface area contributed by atoms with Crippen LogP contribution in [0.25, 0.3) is 11.3 Å². The molecule has 0 aliphatic heterocycles. The van der Waals surface area contributed by atoms with Crippen molar-refractivity contribution in [1.82, 2.24) is 20.3 Å². The van der Waals surface area contributed by atoms with Crippen molar-refractivity contribution in [3.63, 3.8) is 0 Å². The molecule has 0 saturated heterocycles. The zero-order valence-corrected chi connectivity index (χ0v) is 16.3. The van der Waals surface area contributed by atoms with E-state index in [1.165, 1.54) is 22.4 Å². The Morgan fingerprint density at radius 3 is 2.83 bits per heavy atom. The largest absolute Gasteiger partial charge is 0.361 e. The fourth-order valence-electron chi connectivity index (χ4n) is 5.79. The van der Waals surface area contributed by atoms with Gasteiger partial charge in [0, 0.05) is 40.4 Å². The molecule has 2 aliphatic carbocycles. The van der Waals surface area contributed by atoms with Gasteiger partial charge in [-0.3, -0.25) is 10.1 Å². The summed E-state index contributed by atoms with van der Waals surface area (Å²) in [5.74, 6) is 1.77. The number of benzene rings is 1. The molecule has 6 rings (SSSR count). The number of aromatic nitrogens is 4. The molecule has 0 radical (unpaired) electrons. The molecule has 0 unspecified atom stereocenters. The fraction of sp³-hybridized carbons (Fsp3) is 0.292. The van der Waals surface area contributed by atoms with Crippen molar-refractivity contribution in [1.29, 1.82) is 0 Å². The van der Waals surface area contributed by atoms with E-state index in [4.69, 9.17) is 9.62 Å². The summed E-state index contributed by atoms with van der Waals surface area (Å²) in [6.07, 6.45) is 8.59. The lowest BCUT2D eigenvalue weighted by molar-refractivity contribution is 0.190. The van der Waals surface area contributed by atoms with Gasteiger partial charge in [-0.15, -0.1) is 0 Å². The molecule has 2 aliphatic rings. The van der Waals surface area contributed by atoms with E-state index in [2.05, 4.69) is 58.6 Å². The third kappa shape index (κ3) is 2.24. The Balaban J connectivity index is 1.61. The maximum Gasteiger partial charge on any atom is 0.143 e. The average molecular weight is 382 g/mol. The topological polar surface area (TPSA) is 67.6 Å². The third-order valence-corrected chi connectivity index (χ3v) is 7.03. The van der Waals surface area contributed by atoms with Crippen molar-refractivity contribution in [2.75, 3.05) is 0 Å². The molecule has 0 fully saturated rings. The predicted octanol–water partition coefficient (Wildman–Crippen LogP) is 4.67. The van der Waals surface area contributed by atoms with E-state index in [0.717, 1.165) is 36.3 Å².